The predicted molar refractivity (Wildman–Crippen MR) is 88.5 cm³/mol. The number of imidazole rings is 1. The van der Waals surface area contributed by atoms with E-state index in [0.717, 1.165) is 3.97 Å². The summed E-state index contributed by atoms with van der Waals surface area (Å²) < 4.78 is 26.8. The smallest absolute Gasteiger partial charge is 0.320 e. The first-order valence-electron chi connectivity index (χ1n) is 6.61. The Hall–Kier alpha value is -2.21. The van der Waals surface area contributed by atoms with Gasteiger partial charge < -0.3 is 15.4 Å². The number of aliphatic carboxylic acids is 1. The van der Waals surface area contributed by atoms with Crippen LogP contribution in [0.2, 0.25) is 0 Å². The van der Waals surface area contributed by atoms with Crippen molar-refractivity contribution in [2.24, 2.45) is 5.73 Å². The molecule has 1 unspecified atom stereocenters. The number of carbonyl (C=O) groups is 1. The second kappa shape index (κ2) is 8.76. The number of hydrogen-bond acceptors (Lipinski definition) is 6. The third-order valence-corrected chi connectivity index (χ3v) is 4.59. The van der Waals surface area contributed by atoms with Gasteiger partial charge in [-0.05, 0) is 0 Å². The molecule has 0 aliphatic carbocycles. The van der Waals surface area contributed by atoms with Crippen molar-refractivity contribution >= 4 is 35.4 Å². The zero-order valence-electron chi connectivity index (χ0n) is 12.6. The molecule has 136 valence electrons. The van der Waals surface area contributed by atoms with Crippen LogP contribution in [0.25, 0.3) is 0 Å². The number of carboxylic acids is 1. The Balaban J connectivity index is 0.00000312. The van der Waals surface area contributed by atoms with E-state index in [9.17, 15) is 23.9 Å². The highest BCUT2D eigenvalue weighted by atomic mass is 35.5. The topological polar surface area (TPSA) is 147 Å². The van der Waals surface area contributed by atoms with Crippen molar-refractivity contribution in [1.29, 1.82) is 0 Å². The number of nitrogens with two attached hydrogens (primary N) is 1. The molecule has 0 aliphatic heterocycles. The van der Waals surface area contributed by atoms with Crippen molar-refractivity contribution in [2.45, 2.75) is 24.0 Å². The molecule has 0 spiro atoms. The molecule has 1 aromatic heterocycles. The fourth-order valence-electron chi connectivity index (χ4n) is 1.95. The van der Waals surface area contributed by atoms with Gasteiger partial charge in [0.1, 0.15) is 17.4 Å². The molecule has 2 atom stereocenters. The van der Waals surface area contributed by atoms with E-state index in [-0.39, 0.29) is 40.9 Å². The van der Waals surface area contributed by atoms with Crippen molar-refractivity contribution in [2.75, 3.05) is 0 Å². The number of nitrogens with zero attached hydrogens (tertiary/aromatic N) is 3. The summed E-state index contributed by atoms with van der Waals surface area (Å²) in [6.07, 6.45) is 1.02. The number of rotatable bonds is 7. The average molecular weight is 393 g/mol. The summed E-state index contributed by atoms with van der Waals surface area (Å²) in [7, 11) is 0. The minimum Gasteiger partial charge on any atom is -0.587 e. The molecule has 2 rings (SSSR count). The van der Waals surface area contributed by atoms with Crippen LogP contribution in [0.4, 0.5) is 10.1 Å². The summed E-state index contributed by atoms with van der Waals surface area (Å²) in [4.78, 5) is 24.9. The Morgan fingerprint density at radius 2 is 2.04 bits per heavy atom. The first-order valence-corrected chi connectivity index (χ1v) is 7.72. The SMILES string of the molecule is Cl.N[C@@H](Cc1cnc(CF)n1[S+]([O-])c1ccc([N+](=O)[O-])cc1)C(=O)O. The Kier molecular flexibility index (Phi) is 7.30. The first kappa shape index (κ1) is 20.8. The number of alkyl halides is 1. The Morgan fingerprint density at radius 1 is 1.44 bits per heavy atom. The largest absolute Gasteiger partial charge is 0.587 e. The van der Waals surface area contributed by atoms with Gasteiger partial charge in [-0.2, -0.15) is 0 Å². The fourth-order valence-corrected chi connectivity index (χ4v) is 3.15. The van der Waals surface area contributed by atoms with Gasteiger partial charge in [-0.1, -0.05) is 0 Å². The minimum atomic E-state index is -1.95. The van der Waals surface area contributed by atoms with Crippen molar-refractivity contribution in [3.8, 4) is 0 Å². The third-order valence-electron chi connectivity index (χ3n) is 3.14. The van der Waals surface area contributed by atoms with Gasteiger partial charge in [0, 0.05) is 30.7 Å². The zero-order valence-corrected chi connectivity index (χ0v) is 14.2. The maximum atomic E-state index is 13.1. The molecule has 25 heavy (non-hydrogen) atoms. The van der Waals surface area contributed by atoms with Crippen LogP contribution in [-0.2, 0) is 29.3 Å². The maximum Gasteiger partial charge on any atom is 0.320 e. The van der Waals surface area contributed by atoms with Gasteiger partial charge in [-0.15, -0.1) is 16.4 Å². The molecular weight excluding hydrogens is 379 g/mol. The molecule has 0 aliphatic rings. The quantitative estimate of drug-likeness (QED) is 0.408. The zero-order chi connectivity index (χ0) is 17.9. The number of nitro benzene ring substituents is 1. The lowest BCUT2D eigenvalue weighted by molar-refractivity contribution is -0.384. The molecular formula is C13H14ClFN4O5S. The fraction of sp³-hybridized carbons (Fsp3) is 0.231. The second-order valence-corrected chi connectivity index (χ2v) is 6.08. The van der Waals surface area contributed by atoms with Crippen LogP contribution in [-0.4, -0.2) is 35.6 Å². The number of halogens is 2. The summed E-state index contributed by atoms with van der Waals surface area (Å²) in [5, 5.41) is 19.5. The normalized spacial score (nSPS) is 12.9. The Labute approximate surface area is 150 Å². The molecule has 2 aromatic rings. The van der Waals surface area contributed by atoms with E-state index < -0.39 is 35.0 Å². The first-order chi connectivity index (χ1) is 11.3. The van der Waals surface area contributed by atoms with Crippen LogP contribution in [0.3, 0.4) is 0 Å². The number of aromatic nitrogens is 2. The number of carboxylic acid groups (broad SMARTS) is 1. The molecule has 9 nitrogen and oxygen atoms in total. The van der Waals surface area contributed by atoms with Crippen LogP contribution in [0.15, 0.2) is 35.4 Å². The van der Waals surface area contributed by atoms with Crippen LogP contribution in [0.1, 0.15) is 11.5 Å². The lowest BCUT2D eigenvalue weighted by Gasteiger charge is -2.15. The van der Waals surface area contributed by atoms with E-state index >= 15 is 0 Å². The molecule has 0 saturated heterocycles. The maximum absolute atomic E-state index is 13.1. The van der Waals surface area contributed by atoms with Crippen molar-refractivity contribution in [1.82, 2.24) is 8.96 Å². The monoisotopic (exact) mass is 392 g/mol. The van der Waals surface area contributed by atoms with Gasteiger partial charge in [-0.25, -0.2) is 9.37 Å². The predicted octanol–water partition coefficient (Wildman–Crippen LogP) is 1.21. The van der Waals surface area contributed by atoms with E-state index in [0.29, 0.717) is 0 Å². The lowest BCUT2D eigenvalue weighted by Crippen LogP contribution is -2.33. The molecule has 3 N–H and O–H groups in total. The summed E-state index contributed by atoms with van der Waals surface area (Å²) in [5.74, 6) is -1.41. The van der Waals surface area contributed by atoms with Crippen molar-refractivity contribution < 1.29 is 23.8 Å². The Bertz CT molecular complexity index is 757. The van der Waals surface area contributed by atoms with Crippen LogP contribution in [0, 0.1) is 10.1 Å². The van der Waals surface area contributed by atoms with Crippen molar-refractivity contribution in [3.05, 3.63) is 52.1 Å². The third kappa shape index (κ3) is 4.66. The molecule has 1 heterocycles. The molecule has 1 aromatic carbocycles. The lowest BCUT2D eigenvalue weighted by atomic mass is 10.2. The summed E-state index contributed by atoms with van der Waals surface area (Å²) in [6, 6.07) is 3.62. The number of nitro groups is 1. The number of hydrogen-bond donors (Lipinski definition) is 2. The van der Waals surface area contributed by atoms with Gasteiger partial charge in [-0.3, -0.25) is 14.9 Å². The molecule has 0 bridgehead atoms. The summed E-state index contributed by atoms with van der Waals surface area (Å²) >= 11 is -1.95. The van der Waals surface area contributed by atoms with Gasteiger partial charge in [0.25, 0.3) is 5.69 Å². The van der Waals surface area contributed by atoms with E-state index in [1.165, 1.54) is 30.5 Å². The molecule has 0 radical (unpaired) electrons. The molecule has 0 amide bonds. The number of benzene rings is 1. The van der Waals surface area contributed by atoms with Gasteiger partial charge in [0.05, 0.1) is 16.8 Å². The Morgan fingerprint density at radius 3 is 2.52 bits per heavy atom. The van der Waals surface area contributed by atoms with Crippen LogP contribution in [0.5, 0.6) is 0 Å². The molecule has 12 heteroatoms. The van der Waals surface area contributed by atoms with E-state index in [1.807, 2.05) is 0 Å². The van der Waals surface area contributed by atoms with Crippen LogP contribution < -0.4 is 5.73 Å². The molecule has 0 fully saturated rings. The second-order valence-electron chi connectivity index (χ2n) is 4.74. The number of non-ortho nitro benzene ring substituents is 1. The van der Waals surface area contributed by atoms with E-state index in [2.05, 4.69) is 4.98 Å². The standard InChI is InChI=1S/C13H13FN4O5S.ClH/c14-6-12-16-7-9(5-11(15)13(19)20)17(12)24(23)10-3-1-8(2-4-10)18(21)22;/h1-4,7,11H,5-6,15H2,(H,19,20);1H/t11-,24?;/m0./s1. The minimum absolute atomic E-state index is 0. The highest BCUT2D eigenvalue weighted by Gasteiger charge is 2.26. The van der Waals surface area contributed by atoms with Gasteiger partial charge in [0.2, 0.25) is 0 Å². The highest BCUT2D eigenvalue weighted by molar-refractivity contribution is 7.90. The highest BCUT2D eigenvalue weighted by Crippen LogP contribution is 2.22. The summed E-state index contributed by atoms with van der Waals surface area (Å²) in [5.41, 5.74) is 5.46. The van der Waals surface area contributed by atoms with E-state index in [4.69, 9.17) is 10.8 Å². The van der Waals surface area contributed by atoms with Gasteiger partial charge >= 0.3 is 5.97 Å². The molecule has 0 saturated carbocycles. The van der Waals surface area contributed by atoms with Crippen LogP contribution >= 0.6 is 12.4 Å². The van der Waals surface area contributed by atoms with Gasteiger partial charge in [0.15, 0.2) is 17.4 Å². The van der Waals surface area contributed by atoms with Crippen molar-refractivity contribution in [3.63, 3.8) is 0 Å². The summed E-state index contributed by atoms with van der Waals surface area (Å²) in [6.45, 7) is -1.01. The van der Waals surface area contributed by atoms with E-state index in [1.54, 1.807) is 0 Å². The average Bonchev–Trinajstić information content (AvgIpc) is 2.96.